The van der Waals surface area contributed by atoms with Crippen molar-refractivity contribution >= 4 is 8.56 Å². The lowest BCUT2D eigenvalue weighted by molar-refractivity contribution is 0.181. The van der Waals surface area contributed by atoms with Crippen LogP contribution in [0, 0.1) is 5.92 Å². The summed E-state index contributed by atoms with van der Waals surface area (Å²) < 4.78 is 11.7. The number of rotatable bonds is 8. The molecule has 0 radical (unpaired) electrons. The van der Waals surface area contributed by atoms with E-state index in [1.54, 1.807) is 0 Å². The van der Waals surface area contributed by atoms with E-state index >= 15 is 0 Å². The van der Waals surface area contributed by atoms with Crippen LogP contribution in [0.3, 0.4) is 0 Å². The number of hydrogen-bond donors (Lipinski definition) is 0. The quantitative estimate of drug-likeness (QED) is 0.457. The van der Waals surface area contributed by atoms with Gasteiger partial charge in [0.2, 0.25) is 0 Å². The fourth-order valence-electron chi connectivity index (χ4n) is 1.73. The van der Waals surface area contributed by atoms with Crippen LogP contribution in [0.1, 0.15) is 27.7 Å². The van der Waals surface area contributed by atoms with Crippen LogP contribution < -0.4 is 0 Å². The van der Waals surface area contributed by atoms with Crippen molar-refractivity contribution in [2.24, 2.45) is 5.92 Å². The van der Waals surface area contributed by atoms with Crippen molar-refractivity contribution in [2.45, 2.75) is 39.8 Å². The van der Waals surface area contributed by atoms with Crippen molar-refractivity contribution in [3.63, 3.8) is 0 Å². The third kappa shape index (κ3) is 4.93. The Balaban J connectivity index is 4.44. The molecule has 84 valence electrons. The highest BCUT2D eigenvalue weighted by atomic mass is 28.4. The molecule has 0 fully saturated rings. The predicted molar refractivity (Wildman–Crippen MR) is 63.7 cm³/mol. The van der Waals surface area contributed by atoms with Crippen LogP contribution in [0.4, 0.5) is 0 Å². The number of allylic oxidation sites excluding steroid dienone is 1. The smallest absolute Gasteiger partial charge is 0.342 e. The minimum Gasteiger partial charge on any atom is -0.394 e. The molecule has 0 saturated carbocycles. The summed E-state index contributed by atoms with van der Waals surface area (Å²) in [4.78, 5) is 0. The molecule has 0 aliphatic heterocycles. The van der Waals surface area contributed by atoms with Gasteiger partial charge in [0.15, 0.2) is 0 Å². The molecule has 0 amide bonds. The van der Waals surface area contributed by atoms with Crippen molar-refractivity contribution < 1.29 is 8.85 Å². The molecule has 0 aromatic carbocycles. The Labute approximate surface area is 89.6 Å². The van der Waals surface area contributed by atoms with Gasteiger partial charge in [-0.2, -0.15) is 0 Å². The van der Waals surface area contributed by atoms with Crippen molar-refractivity contribution in [3.8, 4) is 0 Å². The Morgan fingerprint density at radius 3 is 2.00 bits per heavy atom. The SMILES string of the molecule is C=CC[Si](CC(C)C)(OCC)OCC. The zero-order chi connectivity index (χ0) is 11.0. The molecule has 0 aromatic rings. The normalized spacial score (nSPS) is 12.1. The Morgan fingerprint density at radius 1 is 1.21 bits per heavy atom. The molecular weight excluding hydrogens is 192 g/mol. The lowest BCUT2D eigenvalue weighted by Gasteiger charge is -2.30. The van der Waals surface area contributed by atoms with E-state index in [0.717, 1.165) is 25.3 Å². The summed E-state index contributed by atoms with van der Waals surface area (Å²) in [6.45, 7) is 13.8. The zero-order valence-corrected chi connectivity index (χ0v) is 11.0. The fourth-order valence-corrected chi connectivity index (χ4v) is 5.19. The summed E-state index contributed by atoms with van der Waals surface area (Å²) in [6.07, 6.45) is 1.93. The second kappa shape index (κ2) is 7.21. The van der Waals surface area contributed by atoms with Gasteiger partial charge < -0.3 is 8.85 Å². The minimum atomic E-state index is -1.98. The highest BCUT2D eigenvalue weighted by molar-refractivity contribution is 6.68. The third-order valence-corrected chi connectivity index (χ3v) is 5.97. The molecule has 0 spiro atoms. The van der Waals surface area contributed by atoms with Crippen molar-refractivity contribution in [1.82, 2.24) is 0 Å². The summed E-state index contributed by atoms with van der Waals surface area (Å²) in [6, 6.07) is 1.95. The zero-order valence-electron chi connectivity index (χ0n) is 10.0. The van der Waals surface area contributed by atoms with Gasteiger partial charge in [-0.3, -0.25) is 0 Å². The predicted octanol–water partition coefficient (Wildman–Crippen LogP) is 3.34. The first-order valence-corrected chi connectivity index (χ1v) is 7.72. The lowest BCUT2D eigenvalue weighted by Crippen LogP contribution is -2.42. The van der Waals surface area contributed by atoms with Gasteiger partial charge >= 0.3 is 8.56 Å². The third-order valence-electron chi connectivity index (χ3n) is 1.99. The van der Waals surface area contributed by atoms with Crippen LogP contribution >= 0.6 is 0 Å². The Kier molecular flexibility index (Phi) is 7.14. The van der Waals surface area contributed by atoms with Crippen LogP contribution in [0.5, 0.6) is 0 Å². The van der Waals surface area contributed by atoms with Gasteiger partial charge in [0.25, 0.3) is 0 Å². The summed E-state index contributed by atoms with van der Waals surface area (Å²) in [5.41, 5.74) is 0. The summed E-state index contributed by atoms with van der Waals surface area (Å²) in [7, 11) is -1.98. The summed E-state index contributed by atoms with van der Waals surface area (Å²) in [5, 5.41) is 0. The van der Waals surface area contributed by atoms with E-state index in [4.69, 9.17) is 8.85 Å². The molecule has 0 aliphatic rings. The summed E-state index contributed by atoms with van der Waals surface area (Å²) in [5.74, 6) is 0.625. The van der Waals surface area contributed by atoms with Crippen molar-refractivity contribution in [3.05, 3.63) is 12.7 Å². The Hall–Kier alpha value is -0.123. The molecule has 0 heterocycles. The molecule has 0 N–H and O–H groups in total. The second-order valence-electron chi connectivity index (χ2n) is 3.87. The molecule has 3 heteroatoms. The molecular formula is C11H24O2Si. The Morgan fingerprint density at radius 2 is 1.71 bits per heavy atom. The van der Waals surface area contributed by atoms with E-state index in [2.05, 4.69) is 20.4 Å². The molecule has 0 bridgehead atoms. The molecule has 2 nitrogen and oxygen atoms in total. The van der Waals surface area contributed by atoms with Gasteiger partial charge in [0.05, 0.1) is 0 Å². The van der Waals surface area contributed by atoms with E-state index < -0.39 is 8.56 Å². The van der Waals surface area contributed by atoms with Crippen LogP contribution in [-0.4, -0.2) is 21.8 Å². The van der Waals surface area contributed by atoms with E-state index in [1.807, 2.05) is 19.9 Å². The maximum absolute atomic E-state index is 5.87. The van der Waals surface area contributed by atoms with E-state index in [-0.39, 0.29) is 0 Å². The Bertz CT molecular complexity index is 151. The molecule has 0 aromatic heterocycles. The van der Waals surface area contributed by atoms with E-state index in [1.165, 1.54) is 0 Å². The van der Waals surface area contributed by atoms with Gasteiger partial charge in [-0.25, -0.2) is 0 Å². The van der Waals surface area contributed by atoms with Crippen LogP contribution in [0.2, 0.25) is 12.1 Å². The van der Waals surface area contributed by atoms with Gasteiger partial charge in [0, 0.05) is 19.3 Å². The molecule has 0 atom stereocenters. The average molecular weight is 216 g/mol. The first-order valence-electron chi connectivity index (χ1n) is 5.49. The van der Waals surface area contributed by atoms with Crippen molar-refractivity contribution in [1.29, 1.82) is 0 Å². The lowest BCUT2D eigenvalue weighted by atomic mass is 10.3. The van der Waals surface area contributed by atoms with Gasteiger partial charge in [-0.15, -0.1) is 6.58 Å². The van der Waals surface area contributed by atoms with Crippen LogP contribution in [0.25, 0.3) is 0 Å². The van der Waals surface area contributed by atoms with Crippen LogP contribution in [0.15, 0.2) is 12.7 Å². The minimum absolute atomic E-state index is 0.625. The van der Waals surface area contributed by atoms with Crippen LogP contribution in [-0.2, 0) is 8.85 Å². The van der Waals surface area contributed by atoms with Gasteiger partial charge in [0.1, 0.15) is 0 Å². The van der Waals surface area contributed by atoms with E-state index in [0.29, 0.717) is 5.92 Å². The fraction of sp³-hybridized carbons (Fsp3) is 0.818. The second-order valence-corrected chi connectivity index (χ2v) is 7.08. The molecule has 0 aliphatic carbocycles. The first-order chi connectivity index (χ1) is 6.60. The standard InChI is InChI=1S/C11H24O2Si/c1-6-9-14(12-7-2,13-8-3)10-11(4)5/h6,11H,1,7-10H2,2-5H3. The largest absolute Gasteiger partial charge is 0.394 e. The summed E-state index contributed by atoms with van der Waals surface area (Å²) >= 11 is 0. The highest BCUT2D eigenvalue weighted by Gasteiger charge is 2.36. The van der Waals surface area contributed by atoms with Crippen molar-refractivity contribution in [2.75, 3.05) is 13.2 Å². The molecule has 0 unspecified atom stereocenters. The van der Waals surface area contributed by atoms with Gasteiger partial charge in [-0.1, -0.05) is 19.9 Å². The van der Waals surface area contributed by atoms with Gasteiger partial charge in [-0.05, 0) is 25.8 Å². The highest BCUT2D eigenvalue weighted by Crippen LogP contribution is 2.24. The molecule has 0 saturated heterocycles. The monoisotopic (exact) mass is 216 g/mol. The molecule has 14 heavy (non-hydrogen) atoms. The topological polar surface area (TPSA) is 18.5 Å². The maximum atomic E-state index is 5.87. The maximum Gasteiger partial charge on any atom is 0.342 e. The first kappa shape index (κ1) is 13.9. The molecule has 0 rings (SSSR count). The van der Waals surface area contributed by atoms with E-state index in [9.17, 15) is 0 Å². The average Bonchev–Trinajstić information content (AvgIpc) is 2.03. The number of hydrogen-bond acceptors (Lipinski definition) is 2.